The van der Waals surface area contributed by atoms with Crippen molar-refractivity contribution >= 4 is 5.97 Å². The second kappa shape index (κ2) is 3.16. The number of carboxylic acids is 1. The molecule has 0 aliphatic heterocycles. The van der Waals surface area contributed by atoms with Gasteiger partial charge in [0.25, 0.3) is 0 Å². The molecule has 0 saturated heterocycles. The van der Waals surface area contributed by atoms with Crippen LogP contribution >= 0.6 is 0 Å². The third-order valence-electron chi connectivity index (χ3n) is 1.23. The predicted octanol–water partition coefficient (Wildman–Crippen LogP) is 0.182. The summed E-state index contributed by atoms with van der Waals surface area (Å²) in [5, 5.41) is 8.56. The van der Waals surface area contributed by atoms with Crippen molar-refractivity contribution in [3.05, 3.63) is 18.2 Å². The van der Waals surface area contributed by atoms with Crippen LogP contribution in [0.1, 0.15) is 11.9 Å². The number of carboxylic acid groups (broad SMARTS) is 1. The maximum atomic E-state index is 10.4. The molecule has 0 saturated carbocycles. The molecule has 0 spiro atoms. The second-order valence-electron chi connectivity index (χ2n) is 1.93. The Bertz CT molecular complexity index is 232. The molecule has 1 atom stereocenters. The zero-order valence-electron chi connectivity index (χ0n) is 5.94. The Morgan fingerprint density at radius 2 is 2.64 bits per heavy atom. The van der Waals surface area contributed by atoms with Crippen LogP contribution < -0.4 is 0 Å². The highest BCUT2D eigenvalue weighted by Crippen LogP contribution is 2.10. The Morgan fingerprint density at radius 1 is 1.91 bits per heavy atom. The van der Waals surface area contributed by atoms with Crippen molar-refractivity contribution in [2.24, 2.45) is 0 Å². The van der Waals surface area contributed by atoms with Crippen molar-refractivity contribution in [3.63, 3.8) is 0 Å². The van der Waals surface area contributed by atoms with E-state index in [1.165, 1.54) is 13.3 Å². The van der Waals surface area contributed by atoms with Gasteiger partial charge in [0.05, 0.1) is 0 Å². The number of methoxy groups -OCH3 is 1. The second-order valence-corrected chi connectivity index (χ2v) is 1.93. The van der Waals surface area contributed by atoms with E-state index in [2.05, 4.69) is 14.7 Å². The van der Waals surface area contributed by atoms with Crippen LogP contribution in [0, 0.1) is 0 Å². The lowest BCUT2D eigenvalue weighted by Crippen LogP contribution is -2.14. The van der Waals surface area contributed by atoms with Crippen LogP contribution in [0.5, 0.6) is 0 Å². The first-order valence-electron chi connectivity index (χ1n) is 3.00. The highest BCUT2D eigenvalue weighted by Gasteiger charge is 2.20. The number of aromatic amines is 1. The van der Waals surface area contributed by atoms with E-state index in [0.717, 1.165) is 0 Å². The third-order valence-corrected chi connectivity index (χ3v) is 1.23. The summed E-state index contributed by atoms with van der Waals surface area (Å²) in [6, 6.07) is 0. The summed E-state index contributed by atoms with van der Waals surface area (Å²) in [6.45, 7) is 0. The topological polar surface area (TPSA) is 75.2 Å². The van der Waals surface area contributed by atoms with Crippen molar-refractivity contribution in [1.29, 1.82) is 0 Å². The van der Waals surface area contributed by atoms with Crippen molar-refractivity contribution < 1.29 is 14.6 Å². The number of rotatable bonds is 3. The molecule has 0 bridgehead atoms. The Kier molecular flexibility index (Phi) is 2.22. The molecule has 0 radical (unpaired) electrons. The lowest BCUT2D eigenvalue weighted by Gasteiger charge is -2.05. The van der Waals surface area contributed by atoms with Crippen LogP contribution in [0.2, 0.25) is 0 Å². The largest absolute Gasteiger partial charge is 0.479 e. The summed E-state index contributed by atoms with van der Waals surface area (Å²) in [4.78, 5) is 16.8. The molecule has 0 fully saturated rings. The van der Waals surface area contributed by atoms with Gasteiger partial charge in [-0.1, -0.05) is 0 Å². The first-order valence-corrected chi connectivity index (χ1v) is 3.00. The molecule has 0 unspecified atom stereocenters. The molecule has 1 aromatic heterocycles. The van der Waals surface area contributed by atoms with Gasteiger partial charge >= 0.3 is 5.97 Å². The average Bonchev–Trinajstić information content (AvgIpc) is 2.40. The van der Waals surface area contributed by atoms with Gasteiger partial charge in [0.15, 0.2) is 0 Å². The molecule has 5 nitrogen and oxygen atoms in total. The smallest absolute Gasteiger partial charge is 0.340 e. The lowest BCUT2D eigenvalue weighted by molar-refractivity contribution is -0.149. The molecule has 60 valence electrons. The Morgan fingerprint density at radius 3 is 3.00 bits per heavy atom. The van der Waals surface area contributed by atoms with Crippen LogP contribution in [0.3, 0.4) is 0 Å². The molecule has 1 heterocycles. The molecule has 2 N–H and O–H groups in total. The van der Waals surface area contributed by atoms with E-state index in [1.54, 1.807) is 6.20 Å². The molecule has 0 amide bonds. The first-order chi connectivity index (χ1) is 5.25. The number of carbonyl (C=O) groups is 1. The zero-order chi connectivity index (χ0) is 8.27. The summed E-state index contributed by atoms with van der Waals surface area (Å²) in [7, 11) is 1.32. The zero-order valence-corrected chi connectivity index (χ0v) is 5.94. The molecule has 5 heteroatoms. The fraction of sp³-hybridized carbons (Fsp3) is 0.333. The molecule has 1 rings (SSSR count). The summed E-state index contributed by atoms with van der Waals surface area (Å²) in [5.74, 6) is -0.748. The maximum absolute atomic E-state index is 10.4. The van der Waals surface area contributed by atoms with Crippen LogP contribution in [0.25, 0.3) is 0 Å². The Labute approximate surface area is 63.0 Å². The first kappa shape index (κ1) is 7.74. The minimum absolute atomic E-state index is 0.306. The number of ether oxygens (including phenoxy) is 1. The number of hydrogen-bond acceptors (Lipinski definition) is 3. The van der Waals surface area contributed by atoms with Gasteiger partial charge in [0.2, 0.25) is 6.10 Å². The van der Waals surface area contributed by atoms with Gasteiger partial charge in [-0.25, -0.2) is 9.78 Å². The van der Waals surface area contributed by atoms with E-state index < -0.39 is 12.1 Å². The minimum Gasteiger partial charge on any atom is -0.479 e. The van der Waals surface area contributed by atoms with Gasteiger partial charge in [-0.05, 0) is 0 Å². The number of aliphatic carboxylic acids is 1. The fourth-order valence-corrected chi connectivity index (χ4v) is 0.750. The highest BCUT2D eigenvalue weighted by molar-refractivity contribution is 5.73. The average molecular weight is 156 g/mol. The van der Waals surface area contributed by atoms with E-state index in [-0.39, 0.29) is 0 Å². The van der Waals surface area contributed by atoms with Gasteiger partial charge in [-0.15, -0.1) is 0 Å². The fourth-order valence-electron chi connectivity index (χ4n) is 0.750. The molecule has 0 aliphatic rings. The number of nitrogens with zero attached hydrogens (tertiary/aromatic N) is 1. The van der Waals surface area contributed by atoms with Gasteiger partial charge in [0, 0.05) is 19.5 Å². The van der Waals surface area contributed by atoms with Crippen LogP contribution in [0.15, 0.2) is 12.4 Å². The number of hydrogen-bond donors (Lipinski definition) is 2. The van der Waals surface area contributed by atoms with E-state index in [1.807, 2.05) is 0 Å². The van der Waals surface area contributed by atoms with Crippen LogP contribution in [-0.4, -0.2) is 28.2 Å². The van der Waals surface area contributed by atoms with E-state index in [0.29, 0.717) is 5.82 Å². The number of imidazole rings is 1. The van der Waals surface area contributed by atoms with Crippen LogP contribution in [0.4, 0.5) is 0 Å². The lowest BCUT2D eigenvalue weighted by atomic mass is 10.3. The maximum Gasteiger partial charge on any atom is 0.340 e. The predicted molar refractivity (Wildman–Crippen MR) is 36.0 cm³/mol. The number of aromatic nitrogens is 2. The Hall–Kier alpha value is -1.36. The SMILES string of the molecule is CO[C@@H](C(=O)O)c1ncc[nH]1. The third kappa shape index (κ3) is 1.56. The van der Waals surface area contributed by atoms with Gasteiger partial charge in [-0.3, -0.25) is 0 Å². The summed E-state index contributed by atoms with van der Waals surface area (Å²) >= 11 is 0. The highest BCUT2D eigenvalue weighted by atomic mass is 16.5. The van der Waals surface area contributed by atoms with E-state index in [9.17, 15) is 4.79 Å². The van der Waals surface area contributed by atoms with Crippen molar-refractivity contribution in [3.8, 4) is 0 Å². The van der Waals surface area contributed by atoms with Gasteiger partial charge in [-0.2, -0.15) is 0 Å². The molecular weight excluding hydrogens is 148 g/mol. The molecule has 0 aromatic carbocycles. The molecule has 1 aromatic rings. The monoisotopic (exact) mass is 156 g/mol. The number of nitrogens with one attached hydrogen (secondary N) is 1. The summed E-state index contributed by atoms with van der Waals surface area (Å²) < 4.78 is 4.66. The Balaban J connectivity index is 2.79. The summed E-state index contributed by atoms with van der Waals surface area (Å²) in [6.07, 6.45) is 2.03. The minimum atomic E-state index is -1.05. The van der Waals surface area contributed by atoms with Crippen molar-refractivity contribution in [2.45, 2.75) is 6.10 Å². The van der Waals surface area contributed by atoms with E-state index in [4.69, 9.17) is 5.11 Å². The van der Waals surface area contributed by atoms with Gasteiger partial charge < -0.3 is 14.8 Å². The number of H-pyrrole nitrogens is 1. The standard InChI is InChI=1S/C6H8N2O3/c1-11-4(6(9)10)5-7-2-3-8-5/h2-4H,1H3,(H,7,8)(H,9,10)/t4-/m1/s1. The normalized spacial score (nSPS) is 12.8. The quantitative estimate of drug-likeness (QED) is 0.654. The van der Waals surface area contributed by atoms with Crippen molar-refractivity contribution in [2.75, 3.05) is 7.11 Å². The molecule has 0 aliphatic carbocycles. The van der Waals surface area contributed by atoms with Crippen LogP contribution in [-0.2, 0) is 9.53 Å². The van der Waals surface area contributed by atoms with E-state index >= 15 is 0 Å². The van der Waals surface area contributed by atoms with Crippen molar-refractivity contribution in [1.82, 2.24) is 9.97 Å². The van der Waals surface area contributed by atoms with Gasteiger partial charge in [0.1, 0.15) is 5.82 Å². The molecule has 11 heavy (non-hydrogen) atoms. The molecular formula is C6H8N2O3. The summed E-state index contributed by atoms with van der Waals surface area (Å²) in [5.41, 5.74) is 0.